The number of benzene rings is 1. The van der Waals surface area contributed by atoms with Crippen LogP contribution < -0.4 is 5.32 Å². The van der Waals surface area contributed by atoms with Crippen LogP contribution in [-0.2, 0) is 17.9 Å². The number of rotatable bonds is 5. The van der Waals surface area contributed by atoms with Crippen molar-refractivity contribution in [1.29, 1.82) is 0 Å². The molecule has 1 aromatic carbocycles. The summed E-state index contributed by atoms with van der Waals surface area (Å²) < 4.78 is 7.82. The Bertz CT molecular complexity index is 536. The van der Waals surface area contributed by atoms with Crippen molar-refractivity contribution in [3.63, 3.8) is 0 Å². The lowest BCUT2D eigenvalue weighted by molar-refractivity contribution is 0.185. The highest BCUT2D eigenvalue weighted by molar-refractivity contribution is 9.10. The average molecular weight is 328 g/mol. The molecule has 0 atom stereocenters. The van der Waals surface area contributed by atoms with Crippen LogP contribution in [-0.4, -0.2) is 13.2 Å². The number of hydrogen-bond donors (Lipinski definition) is 1. The first-order chi connectivity index (χ1) is 8.63. The lowest BCUT2D eigenvalue weighted by Crippen LogP contribution is -2.21. The van der Waals surface area contributed by atoms with E-state index in [1.165, 1.54) is 20.5 Å². The third-order valence-corrected chi connectivity index (χ3v) is 5.02. The Morgan fingerprint density at radius 2 is 2.17 bits per heavy atom. The number of ether oxygens (including phenoxy) is 1. The van der Waals surface area contributed by atoms with Gasteiger partial charge in [0.15, 0.2) is 0 Å². The number of halogens is 1. The molecule has 2 nitrogen and oxygen atoms in total. The second-order valence-corrected chi connectivity index (χ2v) is 6.55. The number of fused-ring (bicyclic) bond motifs is 1. The van der Waals surface area contributed by atoms with Gasteiger partial charge in [0.1, 0.15) is 0 Å². The van der Waals surface area contributed by atoms with Crippen LogP contribution >= 0.6 is 27.3 Å². The van der Waals surface area contributed by atoms with Crippen LogP contribution in [0.25, 0.3) is 10.1 Å². The van der Waals surface area contributed by atoms with Crippen LogP contribution in [0.4, 0.5) is 0 Å². The zero-order valence-corrected chi connectivity index (χ0v) is 13.3. The van der Waals surface area contributed by atoms with E-state index in [-0.39, 0.29) is 0 Å². The van der Waals surface area contributed by atoms with Gasteiger partial charge >= 0.3 is 0 Å². The fourth-order valence-electron chi connectivity index (χ4n) is 1.93. The predicted octanol–water partition coefficient (Wildman–Crippen LogP) is 4.31. The van der Waals surface area contributed by atoms with Crippen LogP contribution in [0.3, 0.4) is 0 Å². The van der Waals surface area contributed by atoms with Crippen molar-refractivity contribution in [3.05, 3.63) is 33.1 Å². The Morgan fingerprint density at radius 3 is 2.83 bits per heavy atom. The van der Waals surface area contributed by atoms with Crippen molar-refractivity contribution in [1.82, 2.24) is 5.32 Å². The van der Waals surface area contributed by atoms with E-state index in [0.717, 1.165) is 11.0 Å². The molecule has 0 amide bonds. The molecule has 0 saturated carbocycles. The van der Waals surface area contributed by atoms with Crippen molar-refractivity contribution in [2.24, 2.45) is 0 Å². The Balaban J connectivity index is 2.43. The maximum atomic E-state index is 5.35. The normalized spacial score (nSPS) is 11.6. The summed E-state index contributed by atoms with van der Waals surface area (Å²) in [6.45, 7) is 5.91. The van der Waals surface area contributed by atoms with Crippen molar-refractivity contribution < 1.29 is 4.74 Å². The summed E-state index contributed by atoms with van der Waals surface area (Å²) in [4.78, 5) is 1.37. The highest BCUT2D eigenvalue weighted by Crippen LogP contribution is 2.36. The molecule has 98 valence electrons. The van der Waals surface area contributed by atoms with E-state index >= 15 is 0 Å². The van der Waals surface area contributed by atoms with Gasteiger partial charge in [-0.2, -0.15) is 0 Å². The molecule has 0 aliphatic carbocycles. The molecular weight excluding hydrogens is 310 g/mol. The maximum absolute atomic E-state index is 5.35. The van der Waals surface area contributed by atoms with Crippen molar-refractivity contribution in [3.8, 4) is 0 Å². The van der Waals surface area contributed by atoms with E-state index in [9.17, 15) is 0 Å². The van der Waals surface area contributed by atoms with E-state index in [1.807, 2.05) is 11.3 Å². The summed E-state index contributed by atoms with van der Waals surface area (Å²) in [6.07, 6.45) is 0. The molecule has 0 radical (unpaired) electrons. The van der Waals surface area contributed by atoms with Crippen molar-refractivity contribution in [2.75, 3.05) is 7.11 Å². The smallest absolute Gasteiger partial charge is 0.0730 e. The van der Waals surface area contributed by atoms with Crippen molar-refractivity contribution >= 4 is 37.4 Å². The highest BCUT2D eigenvalue weighted by atomic mass is 79.9. The zero-order valence-electron chi connectivity index (χ0n) is 10.9. The molecule has 4 heteroatoms. The lowest BCUT2D eigenvalue weighted by Gasteiger charge is -2.08. The molecule has 0 unspecified atom stereocenters. The van der Waals surface area contributed by atoms with Crippen molar-refractivity contribution in [2.45, 2.75) is 33.0 Å². The summed E-state index contributed by atoms with van der Waals surface area (Å²) in [5, 5.41) is 4.78. The topological polar surface area (TPSA) is 21.3 Å². The van der Waals surface area contributed by atoms with Gasteiger partial charge in [0.25, 0.3) is 0 Å². The van der Waals surface area contributed by atoms with Gasteiger partial charge in [0, 0.05) is 39.3 Å². The molecule has 1 N–H and O–H groups in total. The Kier molecular flexibility index (Phi) is 4.78. The number of nitrogens with one attached hydrogen (secondary N) is 1. The van der Waals surface area contributed by atoms with Crippen LogP contribution in [0.5, 0.6) is 0 Å². The van der Waals surface area contributed by atoms with E-state index in [2.05, 4.69) is 53.3 Å². The summed E-state index contributed by atoms with van der Waals surface area (Å²) in [5.74, 6) is 0. The van der Waals surface area contributed by atoms with Gasteiger partial charge in [-0.3, -0.25) is 0 Å². The predicted molar refractivity (Wildman–Crippen MR) is 82.2 cm³/mol. The first-order valence-corrected chi connectivity index (χ1v) is 7.65. The minimum atomic E-state index is 0.494. The molecule has 0 saturated heterocycles. The molecule has 1 heterocycles. The van der Waals surface area contributed by atoms with Gasteiger partial charge in [-0.1, -0.05) is 26.0 Å². The summed E-state index contributed by atoms with van der Waals surface area (Å²) in [6, 6.07) is 6.84. The van der Waals surface area contributed by atoms with Crippen LogP contribution in [0, 0.1) is 0 Å². The SMILES string of the molecule is COCc1c(CNC(C)C)sc2c(Br)cccc12. The van der Waals surface area contributed by atoms with Gasteiger partial charge in [0.05, 0.1) is 6.61 Å². The van der Waals surface area contributed by atoms with E-state index in [4.69, 9.17) is 4.74 Å². The Morgan fingerprint density at radius 1 is 1.39 bits per heavy atom. The van der Waals surface area contributed by atoms with E-state index in [1.54, 1.807) is 7.11 Å². The fourth-order valence-corrected chi connectivity index (χ4v) is 3.70. The first-order valence-electron chi connectivity index (χ1n) is 6.04. The number of methoxy groups -OCH3 is 1. The van der Waals surface area contributed by atoms with Crippen LogP contribution in [0.15, 0.2) is 22.7 Å². The van der Waals surface area contributed by atoms with Gasteiger partial charge in [-0.25, -0.2) is 0 Å². The third kappa shape index (κ3) is 2.94. The van der Waals surface area contributed by atoms with Gasteiger partial charge in [0.2, 0.25) is 0 Å². The highest BCUT2D eigenvalue weighted by Gasteiger charge is 2.13. The molecule has 18 heavy (non-hydrogen) atoms. The molecular formula is C14H18BrNOS. The van der Waals surface area contributed by atoms with Gasteiger partial charge < -0.3 is 10.1 Å². The third-order valence-electron chi connectivity index (χ3n) is 2.81. The van der Waals surface area contributed by atoms with E-state index in [0.29, 0.717) is 12.6 Å². The zero-order chi connectivity index (χ0) is 13.1. The molecule has 1 aromatic heterocycles. The second-order valence-electron chi connectivity index (χ2n) is 4.59. The molecule has 2 aromatic rings. The van der Waals surface area contributed by atoms with Crippen LogP contribution in [0.2, 0.25) is 0 Å². The average Bonchev–Trinajstić information content (AvgIpc) is 2.67. The molecule has 0 aliphatic rings. The molecule has 2 rings (SSSR count). The van der Waals surface area contributed by atoms with Gasteiger partial charge in [-0.15, -0.1) is 11.3 Å². The largest absolute Gasteiger partial charge is 0.380 e. The Labute approximate surface area is 120 Å². The maximum Gasteiger partial charge on any atom is 0.0730 e. The first kappa shape index (κ1) is 14.0. The lowest BCUT2D eigenvalue weighted by atomic mass is 10.1. The summed E-state index contributed by atoms with van der Waals surface area (Å²) in [7, 11) is 1.75. The standard InChI is InChI=1S/C14H18BrNOS/c1-9(2)16-7-13-11(8-17-3)10-5-4-6-12(15)14(10)18-13/h4-6,9,16H,7-8H2,1-3H3. The summed E-state index contributed by atoms with van der Waals surface area (Å²) >= 11 is 5.47. The number of thiophene rings is 1. The second kappa shape index (κ2) is 6.15. The van der Waals surface area contributed by atoms with E-state index < -0.39 is 0 Å². The molecule has 0 bridgehead atoms. The summed E-state index contributed by atoms with van der Waals surface area (Å²) in [5.41, 5.74) is 1.31. The minimum Gasteiger partial charge on any atom is -0.380 e. The monoisotopic (exact) mass is 327 g/mol. The fraction of sp³-hybridized carbons (Fsp3) is 0.429. The van der Waals surface area contributed by atoms with Crippen LogP contribution in [0.1, 0.15) is 24.3 Å². The minimum absolute atomic E-state index is 0.494. The van der Waals surface area contributed by atoms with Gasteiger partial charge in [-0.05, 0) is 27.4 Å². The quantitative estimate of drug-likeness (QED) is 0.883. The number of hydrogen-bond acceptors (Lipinski definition) is 3. The molecule has 0 fully saturated rings. The Hall–Kier alpha value is -0.420. The molecule has 0 aliphatic heterocycles. The molecule has 0 spiro atoms.